The van der Waals surface area contributed by atoms with Crippen molar-refractivity contribution in [3.63, 3.8) is 0 Å². The van der Waals surface area contributed by atoms with Crippen LogP contribution in [0.4, 0.5) is 0 Å². The zero-order chi connectivity index (χ0) is 9.14. The fourth-order valence-corrected chi connectivity index (χ4v) is 0.942. The Morgan fingerprint density at radius 2 is 2.33 bits per heavy atom. The second kappa shape index (κ2) is 3.42. The molecule has 0 spiro atoms. The van der Waals surface area contributed by atoms with Crippen LogP contribution in [-0.4, -0.2) is 17.9 Å². The van der Waals surface area contributed by atoms with Crippen LogP contribution in [0.5, 0.6) is 0 Å². The third-order valence-electron chi connectivity index (χ3n) is 1.89. The first-order valence-electron chi connectivity index (χ1n) is 4.00. The molecular formula is C10H13NO. The Morgan fingerprint density at radius 1 is 1.67 bits per heavy atom. The molecule has 64 valence electrons. The lowest BCUT2D eigenvalue weighted by Crippen LogP contribution is -2.22. The number of nitrogens with zero attached hydrogens (tertiary/aromatic N) is 1. The topological polar surface area (TPSA) is 20.3 Å². The van der Waals surface area contributed by atoms with Gasteiger partial charge in [0.2, 0.25) is 5.91 Å². The fourth-order valence-electron chi connectivity index (χ4n) is 0.942. The maximum Gasteiger partial charge on any atom is 0.224 e. The molecule has 1 unspecified atom stereocenters. The van der Waals surface area contributed by atoms with Crippen molar-refractivity contribution in [1.29, 1.82) is 0 Å². The molecule has 0 fully saturated rings. The van der Waals surface area contributed by atoms with Crippen LogP contribution in [0.1, 0.15) is 13.8 Å². The molecule has 0 aromatic heterocycles. The quantitative estimate of drug-likeness (QED) is 0.539. The van der Waals surface area contributed by atoms with E-state index in [0.29, 0.717) is 5.92 Å². The Hall–Kier alpha value is -1.27. The van der Waals surface area contributed by atoms with Gasteiger partial charge in [0.1, 0.15) is 0 Å². The van der Waals surface area contributed by atoms with Crippen molar-refractivity contribution in [2.24, 2.45) is 5.92 Å². The maximum atomic E-state index is 10.9. The van der Waals surface area contributed by atoms with Crippen molar-refractivity contribution < 1.29 is 4.79 Å². The maximum absolute atomic E-state index is 10.9. The summed E-state index contributed by atoms with van der Waals surface area (Å²) >= 11 is 0. The lowest BCUT2D eigenvalue weighted by atomic mass is 10.1. The fraction of sp³-hybridized carbons (Fsp3) is 0.400. The van der Waals surface area contributed by atoms with Gasteiger partial charge >= 0.3 is 0 Å². The van der Waals surface area contributed by atoms with Crippen LogP contribution < -0.4 is 0 Å². The van der Waals surface area contributed by atoms with E-state index < -0.39 is 0 Å². The molecule has 0 heterocycles. The smallest absolute Gasteiger partial charge is 0.224 e. The summed E-state index contributed by atoms with van der Waals surface area (Å²) in [7, 11) is 1.75. The molecule has 1 aliphatic carbocycles. The summed E-state index contributed by atoms with van der Waals surface area (Å²) in [5.74, 6) is 0.458. The molecule has 0 saturated carbocycles. The molecule has 1 aliphatic rings. The van der Waals surface area contributed by atoms with Crippen LogP contribution >= 0.6 is 0 Å². The number of allylic oxidation sites excluding steroid dienone is 2. The lowest BCUT2D eigenvalue weighted by Gasteiger charge is -2.16. The van der Waals surface area contributed by atoms with E-state index in [-0.39, 0.29) is 5.91 Å². The number of hydrogen-bond acceptors (Lipinski definition) is 1. The third kappa shape index (κ3) is 1.86. The standard InChI is InChI=1S/C10H13NO/c1-8-4-6-10(7-5-8)11(3)9(2)12/h4-6,8H,1-3H3. The van der Waals surface area contributed by atoms with Gasteiger partial charge in [-0.1, -0.05) is 18.7 Å². The first-order chi connectivity index (χ1) is 5.61. The molecule has 0 N–H and O–H groups in total. The van der Waals surface area contributed by atoms with Gasteiger partial charge in [-0.25, -0.2) is 0 Å². The molecule has 1 rings (SSSR count). The lowest BCUT2D eigenvalue weighted by molar-refractivity contribution is -0.125. The zero-order valence-corrected chi connectivity index (χ0v) is 7.66. The highest BCUT2D eigenvalue weighted by atomic mass is 16.2. The molecule has 1 atom stereocenters. The minimum absolute atomic E-state index is 0.0325. The minimum atomic E-state index is 0.0325. The van der Waals surface area contributed by atoms with Gasteiger partial charge in [-0.05, 0) is 18.1 Å². The van der Waals surface area contributed by atoms with E-state index in [9.17, 15) is 4.79 Å². The first kappa shape index (κ1) is 8.82. The van der Waals surface area contributed by atoms with Gasteiger partial charge in [0, 0.05) is 14.0 Å². The van der Waals surface area contributed by atoms with E-state index in [0.717, 1.165) is 5.70 Å². The van der Waals surface area contributed by atoms with E-state index in [1.807, 2.05) is 18.2 Å². The molecule has 12 heavy (non-hydrogen) atoms. The average Bonchev–Trinajstić information content (AvgIpc) is 2.04. The van der Waals surface area contributed by atoms with Crippen molar-refractivity contribution in [3.8, 4) is 0 Å². The number of rotatable bonds is 1. The largest absolute Gasteiger partial charge is 0.309 e. The molecule has 0 radical (unpaired) electrons. The summed E-state index contributed by atoms with van der Waals surface area (Å²) in [6.07, 6.45) is 5.92. The van der Waals surface area contributed by atoms with Crippen LogP contribution in [0.3, 0.4) is 0 Å². The summed E-state index contributed by atoms with van der Waals surface area (Å²) in [4.78, 5) is 12.5. The Balaban J connectivity index is 2.85. The van der Waals surface area contributed by atoms with Crippen molar-refractivity contribution in [3.05, 3.63) is 29.7 Å². The molecule has 2 heteroatoms. The summed E-state index contributed by atoms with van der Waals surface area (Å²) in [5.41, 5.74) is 3.89. The predicted octanol–water partition coefficient (Wildman–Crippen LogP) is 1.71. The molecule has 0 aromatic rings. The van der Waals surface area contributed by atoms with Gasteiger partial charge in [-0.15, -0.1) is 0 Å². The van der Waals surface area contributed by atoms with Crippen molar-refractivity contribution in [2.75, 3.05) is 7.05 Å². The first-order valence-corrected chi connectivity index (χ1v) is 4.00. The molecular weight excluding hydrogens is 150 g/mol. The van der Waals surface area contributed by atoms with Gasteiger partial charge in [0.25, 0.3) is 0 Å². The Bertz CT molecular complexity index is 282. The Kier molecular flexibility index (Phi) is 2.51. The SMILES string of the molecule is CC(=O)N(C)C1=C=CC(C)C=C1. The highest BCUT2D eigenvalue weighted by Crippen LogP contribution is 2.11. The van der Waals surface area contributed by atoms with Crippen LogP contribution in [-0.2, 0) is 4.79 Å². The van der Waals surface area contributed by atoms with Crippen molar-refractivity contribution in [2.45, 2.75) is 13.8 Å². The van der Waals surface area contributed by atoms with E-state index in [2.05, 4.69) is 12.7 Å². The molecule has 0 aliphatic heterocycles. The number of carbonyl (C=O) groups excluding carboxylic acids is 1. The summed E-state index contributed by atoms with van der Waals surface area (Å²) in [6.45, 7) is 3.62. The Labute approximate surface area is 72.9 Å². The molecule has 1 amide bonds. The van der Waals surface area contributed by atoms with E-state index in [1.165, 1.54) is 0 Å². The molecule has 0 aromatic carbocycles. The van der Waals surface area contributed by atoms with Crippen LogP contribution in [0.2, 0.25) is 0 Å². The number of carbonyl (C=O) groups is 1. The van der Waals surface area contributed by atoms with Gasteiger partial charge in [0.05, 0.1) is 5.70 Å². The third-order valence-corrected chi connectivity index (χ3v) is 1.89. The van der Waals surface area contributed by atoms with Crippen molar-refractivity contribution in [1.82, 2.24) is 4.90 Å². The van der Waals surface area contributed by atoms with Gasteiger partial charge in [-0.2, -0.15) is 0 Å². The molecule has 2 nitrogen and oxygen atoms in total. The Morgan fingerprint density at radius 3 is 2.75 bits per heavy atom. The van der Waals surface area contributed by atoms with E-state index >= 15 is 0 Å². The highest BCUT2D eigenvalue weighted by Gasteiger charge is 2.07. The van der Waals surface area contributed by atoms with E-state index in [1.54, 1.807) is 18.9 Å². The summed E-state index contributed by atoms with van der Waals surface area (Å²) < 4.78 is 0. The summed E-state index contributed by atoms with van der Waals surface area (Å²) in [5, 5.41) is 0. The van der Waals surface area contributed by atoms with Crippen LogP contribution in [0.15, 0.2) is 29.7 Å². The second-order valence-electron chi connectivity index (χ2n) is 2.99. The monoisotopic (exact) mass is 163 g/mol. The second-order valence-corrected chi connectivity index (χ2v) is 2.99. The molecule has 0 bridgehead atoms. The zero-order valence-electron chi connectivity index (χ0n) is 7.66. The van der Waals surface area contributed by atoms with Gasteiger partial charge in [0.15, 0.2) is 0 Å². The number of amides is 1. The van der Waals surface area contributed by atoms with Crippen molar-refractivity contribution >= 4 is 5.91 Å². The van der Waals surface area contributed by atoms with Crippen LogP contribution in [0, 0.1) is 5.92 Å². The van der Waals surface area contributed by atoms with Gasteiger partial charge < -0.3 is 4.90 Å². The molecule has 0 saturated heterocycles. The number of hydrogen-bond donors (Lipinski definition) is 0. The average molecular weight is 163 g/mol. The predicted molar refractivity (Wildman–Crippen MR) is 48.3 cm³/mol. The highest BCUT2D eigenvalue weighted by molar-refractivity contribution is 5.75. The normalized spacial score (nSPS) is 20.6. The van der Waals surface area contributed by atoms with Crippen LogP contribution in [0.25, 0.3) is 0 Å². The minimum Gasteiger partial charge on any atom is -0.309 e. The number of likely N-dealkylation sites (N-methyl/N-ethyl adjacent to an activating group) is 1. The summed E-state index contributed by atoms with van der Waals surface area (Å²) in [6, 6.07) is 0. The van der Waals surface area contributed by atoms with E-state index in [4.69, 9.17) is 0 Å². The van der Waals surface area contributed by atoms with Gasteiger partial charge in [-0.3, -0.25) is 4.79 Å².